The van der Waals surface area contributed by atoms with Gasteiger partial charge in [0.25, 0.3) is 6.47 Å². The van der Waals surface area contributed by atoms with Crippen LogP contribution in [-0.2, 0) is 4.79 Å². The maximum atomic E-state index is 12.3. The van der Waals surface area contributed by atoms with Crippen molar-refractivity contribution in [3.05, 3.63) is 296 Å². The Kier molecular flexibility index (Phi) is 27.3. The van der Waals surface area contributed by atoms with E-state index in [1.807, 2.05) is 0 Å². The van der Waals surface area contributed by atoms with Crippen molar-refractivity contribution in [2.45, 2.75) is 0 Å². The Labute approximate surface area is 641 Å². The molecule has 0 aliphatic carbocycles. The first kappa shape index (κ1) is 84.1. The van der Waals surface area contributed by atoms with Gasteiger partial charge >= 0.3 is 11.9 Å². The molecule has 33 heteroatoms. The number of carboxylic acid groups (broad SMARTS) is 2. The predicted molar refractivity (Wildman–Crippen MR) is 410 cm³/mol. The average Bonchev–Trinajstić information content (AvgIpc) is 1.72. The van der Waals surface area contributed by atoms with E-state index >= 15 is 0 Å². The molecular weight excluding hydrogens is 1490 g/mol. The fraction of sp³-hybridized carbons (Fsp3) is 0. The lowest BCUT2D eigenvalue weighted by atomic mass is 9.96. The van der Waals surface area contributed by atoms with Crippen LogP contribution in [0.3, 0.4) is 0 Å². The molecule has 0 amide bonds. The van der Waals surface area contributed by atoms with E-state index in [9.17, 15) is 120 Å². The summed E-state index contributed by atoms with van der Waals surface area (Å²) in [4.78, 5) is 106. The topological polar surface area (TPSA) is 663 Å². The minimum Gasteiger partial charge on any atom is -0.507 e. The van der Waals surface area contributed by atoms with Crippen LogP contribution in [0.1, 0.15) is 116 Å². The maximum absolute atomic E-state index is 12.3. The average molecular weight is 1560 g/mol. The Morgan fingerprint density at radius 1 is 0.237 bits per heavy atom. The van der Waals surface area contributed by atoms with Gasteiger partial charge < -0.3 is 126 Å². The van der Waals surface area contributed by atoms with Crippen LogP contribution < -0.4 is 39.1 Å². The number of nitrogen functional groups attached to an aromatic ring is 6. The molecule has 0 aromatic heterocycles. The number of carboxylic acids is 2. The molecule has 12 rings (SSSR count). The normalized spacial score (nSPS) is 10.2. The number of rotatable bonds is 16. The number of ether oxygens (including phenoxy) is 1. The number of phenolic OH excluding ortho intramolecular Hbond substituents is 15. The van der Waals surface area contributed by atoms with Crippen LogP contribution in [0.4, 0.5) is 34.1 Å². The molecule has 0 radical (unpaired) electrons. The molecule has 0 atom stereocenters. The lowest BCUT2D eigenvalue weighted by molar-refractivity contribution is -0.120. The quantitative estimate of drug-likeness (QED) is 0.0141. The minimum absolute atomic E-state index is 0.00660. The molecule has 0 saturated carbocycles. The first-order chi connectivity index (χ1) is 53.9. The highest BCUT2D eigenvalue weighted by Crippen LogP contribution is 2.41. The van der Waals surface area contributed by atoms with Crippen molar-refractivity contribution < 1.29 is 135 Å². The van der Waals surface area contributed by atoms with Crippen LogP contribution in [0.2, 0.25) is 0 Å². The number of phenols is 15. The lowest BCUT2D eigenvalue weighted by Gasteiger charge is -2.10. The monoisotopic (exact) mass is 1550 g/mol. The summed E-state index contributed by atoms with van der Waals surface area (Å²) < 4.78 is 4.55. The van der Waals surface area contributed by atoms with E-state index in [-0.39, 0.29) is 159 Å². The molecule has 0 spiro atoms. The molecule has 0 aliphatic rings. The summed E-state index contributed by atoms with van der Waals surface area (Å²) >= 11 is 0. The third-order valence-corrected chi connectivity index (χ3v) is 15.9. The van der Waals surface area contributed by atoms with E-state index in [0.717, 1.165) is 48.5 Å². The van der Waals surface area contributed by atoms with Gasteiger partial charge in [0, 0.05) is 47.4 Å². The van der Waals surface area contributed by atoms with Crippen LogP contribution in [0.5, 0.6) is 92.0 Å². The summed E-state index contributed by atoms with van der Waals surface area (Å²) in [6.07, 6.45) is 0. The zero-order valence-electron chi connectivity index (χ0n) is 58.5. The van der Waals surface area contributed by atoms with Crippen LogP contribution in [0.15, 0.2) is 218 Å². The number of nitrogens with two attached hydrogens (primary N) is 6. The molecule has 0 unspecified atom stereocenters. The molecule has 12 aromatic carbocycles. The SMILES string of the molecule is Nc1cc(O)c(C(=O)c2ccccc2O)c(C(=O)O)c1.Nc1cc(O)c(C(=O)c2ccccc2O)c(O)c1.Nc1cc(O)c(C(=O)c2ccccc2O)cc1C(=O)O.Nc1cc(O)c(C(=O)c2ccccc2O)cc1O.Nc1ccc(C(=O)c2ccccc2O)c(O)c1O.Nc1ccc(C(=O)c2ccccc2O)c(O)c1OC=O. The number of benzene rings is 12. The van der Waals surface area contributed by atoms with Crippen LogP contribution in [0, 0.1) is 0 Å². The second-order valence-electron chi connectivity index (χ2n) is 23.5. The second-order valence-corrected chi connectivity index (χ2v) is 23.5. The highest BCUT2D eigenvalue weighted by atomic mass is 16.5. The third kappa shape index (κ3) is 19.7. The Bertz CT molecular complexity index is 5690. The molecule has 0 aliphatic heterocycles. The van der Waals surface area contributed by atoms with E-state index in [0.29, 0.717) is 0 Å². The highest BCUT2D eigenvalue weighted by Gasteiger charge is 2.28. The van der Waals surface area contributed by atoms with Gasteiger partial charge in [0.1, 0.15) is 74.6 Å². The summed E-state index contributed by atoms with van der Waals surface area (Å²) in [7, 11) is 0. The molecule has 582 valence electrons. The zero-order chi connectivity index (χ0) is 84.3. The van der Waals surface area contributed by atoms with Gasteiger partial charge in [0.2, 0.25) is 28.9 Å². The Balaban J connectivity index is 0.000000190. The Morgan fingerprint density at radius 3 is 0.912 bits per heavy atom. The van der Waals surface area contributed by atoms with Crippen molar-refractivity contribution in [1.29, 1.82) is 0 Å². The number of hydrogen-bond donors (Lipinski definition) is 23. The molecule has 0 heterocycles. The molecule has 0 fully saturated rings. The van der Waals surface area contributed by atoms with Crippen LogP contribution in [0.25, 0.3) is 0 Å². The first-order valence-electron chi connectivity index (χ1n) is 32.2. The van der Waals surface area contributed by atoms with Crippen molar-refractivity contribution in [2.75, 3.05) is 34.4 Å². The number of aromatic hydroxyl groups is 15. The van der Waals surface area contributed by atoms with Gasteiger partial charge in [-0.05, 0) is 115 Å². The molecule has 114 heavy (non-hydrogen) atoms. The van der Waals surface area contributed by atoms with E-state index in [1.165, 1.54) is 115 Å². The van der Waals surface area contributed by atoms with Crippen molar-refractivity contribution in [3.8, 4) is 92.0 Å². The summed E-state index contributed by atoms with van der Waals surface area (Å²) in [5, 5.41) is 163. The Morgan fingerprint density at radius 2 is 0.544 bits per heavy atom. The molecule has 0 saturated heterocycles. The molecule has 29 N–H and O–H groups in total. The van der Waals surface area contributed by atoms with Crippen molar-refractivity contribution in [1.82, 2.24) is 0 Å². The van der Waals surface area contributed by atoms with Gasteiger partial charge in [-0.1, -0.05) is 72.8 Å². The van der Waals surface area contributed by atoms with Gasteiger partial charge in [-0.25, -0.2) is 9.59 Å². The molecule has 0 bridgehead atoms. The number of aromatic carboxylic acids is 2. The number of anilines is 6. The van der Waals surface area contributed by atoms with Crippen LogP contribution in [-0.4, -0.2) is 140 Å². The van der Waals surface area contributed by atoms with Crippen LogP contribution >= 0.6 is 0 Å². The molecule has 33 nitrogen and oxygen atoms in total. The summed E-state index contributed by atoms with van der Waals surface area (Å²) in [5.74, 6) is -12.5. The van der Waals surface area contributed by atoms with Crippen molar-refractivity contribution in [2.24, 2.45) is 0 Å². The van der Waals surface area contributed by atoms with Crippen molar-refractivity contribution >= 4 is 87.2 Å². The largest absolute Gasteiger partial charge is 0.507 e. The Hall–Kier alpha value is -17.1. The summed E-state index contributed by atoms with van der Waals surface area (Å²) in [6, 6.07) is 48.9. The third-order valence-electron chi connectivity index (χ3n) is 15.9. The van der Waals surface area contributed by atoms with Gasteiger partial charge in [-0.3, -0.25) is 33.6 Å². The lowest BCUT2D eigenvalue weighted by Crippen LogP contribution is -2.11. The highest BCUT2D eigenvalue weighted by molar-refractivity contribution is 6.19. The zero-order valence-corrected chi connectivity index (χ0v) is 58.5. The van der Waals surface area contributed by atoms with Crippen molar-refractivity contribution in [3.63, 3.8) is 0 Å². The molecular formula is C81H66N6O27. The number of para-hydroxylation sites is 6. The standard InChI is InChI=1S/3C14H11NO5.3C13H11NO4/c15-7-5-9(14(19)20)12(11(17)6-7)13(18)8-3-1-2-4-10(8)16;15-10-6-12(17)9(5-8(10)14(19)20)13(18)7-3-1-2-4-11(7)16;15-10-6-5-9(13(19)14(10)20-7-16)12(18)8-3-1-2-4-11(8)17;14-7-5-10(16)12(11(17)6-7)13(18)8-3-1-2-4-9(8)15;14-9-6-11(16)8(5-12(9)17)13(18)7-3-1-2-4-10(7)15;14-9-6-5-8(12(17)13(9)18)11(16)7-3-1-2-4-10(7)15/h2*1-6,16-17H,15H2,(H,19,20);1-7,17,19H,15H2;2*1-6,15-17H,14H2;1-6,15,17-18H,14H2. The van der Waals surface area contributed by atoms with Gasteiger partial charge in [0.15, 0.2) is 28.8 Å². The summed E-state index contributed by atoms with van der Waals surface area (Å²) in [5.41, 5.74) is 30.5. The fourth-order valence-electron chi connectivity index (χ4n) is 10.2. The first-order valence-corrected chi connectivity index (χ1v) is 32.2. The minimum atomic E-state index is -1.40. The number of carbonyl (C=O) groups is 9. The van der Waals surface area contributed by atoms with E-state index in [1.54, 1.807) is 54.6 Å². The number of carbonyl (C=O) groups excluding carboxylic acids is 7. The second kappa shape index (κ2) is 36.9. The van der Waals surface area contributed by atoms with E-state index in [4.69, 9.17) is 44.6 Å². The number of hydrogen-bond acceptors (Lipinski definition) is 31. The predicted octanol–water partition coefficient (Wildman–Crippen LogP) is 9.51. The van der Waals surface area contributed by atoms with Gasteiger partial charge in [-0.15, -0.1) is 0 Å². The number of ketones is 6. The molecule has 12 aromatic rings. The summed E-state index contributed by atoms with van der Waals surface area (Å²) in [6.45, 7) is 0.0969. The smallest absolute Gasteiger partial charge is 0.337 e. The van der Waals surface area contributed by atoms with E-state index < -0.39 is 98.0 Å². The van der Waals surface area contributed by atoms with E-state index in [2.05, 4.69) is 4.74 Å². The van der Waals surface area contributed by atoms with Gasteiger partial charge in [-0.2, -0.15) is 0 Å². The maximum Gasteiger partial charge on any atom is 0.337 e. The fourth-order valence-corrected chi connectivity index (χ4v) is 10.2. The van der Waals surface area contributed by atoms with Gasteiger partial charge in [0.05, 0.1) is 89.4 Å².